The van der Waals surface area contributed by atoms with Crippen molar-refractivity contribution >= 4 is 23.2 Å². The molecule has 0 radical (unpaired) electrons. The molecule has 5 nitrogen and oxygen atoms in total. The van der Waals surface area contributed by atoms with Crippen LogP contribution in [0.5, 0.6) is 0 Å². The molecule has 2 atom stereocenters. The Kier molecular flexibility index (Phi) is 3.77. The summed E-state index contributed by atoms with van der Waals surface area (Å²) >= 11 is 5.86. The van der Waals surface area contributed by atoms with Gasteiger partial charge < -0.3 is 5.32 Å². The van der Waals surface area contributed by atoms with Gasteiger partial charge in [0.05, 0.1) is 17.1 Å². The van der Waals surface area contributed by atoms with Gasteiger partial charge >= 0.3 is 0 Å². The Morgan fingerprint density at radius 1 is 1.29 bits per heavy atom. The molecule has 28 heavy (non-hydrogen) atoms. The number of hydrogen-bond donors (Lipinski definition) is 1. The summed E-state index contributed by atoms with van der Waals surface area (Å²) < 4.78 is 29.1. The predicted octanol–water partition coefficient (Wildman–Crippen LogP) is 4.42. The lowest BCUT2D eigenvalue weighted by Crippen LogP contribution is -2.16. The maximum atomic E-state index is 14.4. The molecular formula is C20H15ClF2N4O. The van der Waals surface area contributed by atoms with Gasteiger partial charge in [0.15, 0.2) is 11.5 Å². The van der Waals surface area contributed by atoms with Crippen LogP contribution in [0.15, 0.2) is 30.3 Å². The van der Waals surface area contributed by atoms with Crippen LogP contribution in [-0.2, 0) is 6.42 Å². The van der Waals surface area contributed by atoms with Gasteiger partial charge in [-0.05, 0) is 49.9 Å². The van der Waals surface area contributed by atoms with Crippen LogP contribution in [0.2, 0.25) is 5.15 Å². The van der Waals surface area contributed by atoms with Gasteiger partial charge in [-0.25, -0.2) is 18.4 Å². The van der Waals surface area contributed by atoms with Crippen LogP contribution in [0.3, 0.4) is 0 Å². The second kappa shape index (κ2) is 6.10. The molecule has 0 spiro atoms. The molecule has 3 aromatic rings. The summed E-state index contributed by atoms with van der Waals surface area (Å²) in [6.07, 6.45) is 1.74. The molecular weight excluding hydrogens is 386 g/mol. The maximum Gasteiger partial charge on any atom is 0.276 e. The van der Waals surface area contributed by atoms with Crippen LogP contribution in [-0.4, -0.2) is 20.7 Å². The Hall–Kier alpha value is -2.80. The lowest BCUT2D eigenvalue weighted by molar-refractivity contribution is 0.102. The summed E-state index contributed by atoms with van der Waals surface area (Å²) in [5, 5.41) is 7.56. The van der Waals surface area contributed by atoms with E-state index in [0.717, 1.165) is 30.2 Å². The number of benzene rings is 1. The monoisotopic (exact) mass is 400 g/mol. The third kappa shape index (κ3) is 2.69. The van der Waals surface area contributed by atoms with E-state index in [2.05, 4.69) is 15.4 Å². The lowest BCUT2D eigenvalue weighted by Gasteiger charge is -2.08. The Morgan fingerprint density at radius 3 is 2.86 bits per heavy atom. The molecule has 0 unspecified atom stereocenters. The predicted molar refractivity (Wildman–Crippen MR) is 100.0 cm³/mol. The number of carbonyl (C=O) groups is 1. The first-order valence-corrected chi connectivity index (χ1v) is 9.32. The summed E-state index contributed by atoms with van der Waals surface area (Å²) in [7, 11) is 0. The van der Waals surface area contributed by atoms with Crippen LogP contribution >= 0.6 is 11.6 Å². The van der Waals surface area contributed by atoms with Gasteiger partial charge in [0.1, 0.15) is 16.7 Å². The fraction of sp³-hybridized carbons (Fsp3) is 0.250. The molecule has 0 saturated heterocycles. The molecule has 0 aliphatic heterocycles. The van der Waals surface area contributed by atoms with Gasteiger partial charge in [0, 0.05) is 17.5 Å². The smallest absolute Gasteiger partial charge is 0.276 e. The number of aryl methyl sites for hydroxylation is 1. The molecule has 1 N–H and O–H groups in total. The minimum Gasteiger partial charge on any atom is -0.319 e. The summed E-state index contributed by atoms with van der Waals surface area (Å²) in [4.78, 5) is 17.0. The van der Waals surface area contributed by atoms with Crippen LogP contribution in [0, 0.1) is 24.5 Å². The Labute approximate surface area is 164 Å². The Bertz CT molecular complexity index is 1140. The van der Waals surface area contributed by atoms with E-state index >= 15 is 0 Å². The summed E-state index contributed by atoms with van der Waals surface area (Å²) in [5.41, 5.74) is 3.22. The molecule has 2 aliphatic carbocycles. The third-order valence-corrected chi connectivity index (χ3v) is 5.63. The van der Waals surface area contributed by atoms with Crippen molar-refractivity contribution in [3.8, 4) is 5.69 Å². The normalized spacial score (nSPS) is 19.3. The zero-order valence-corrected chi connectivity index (χ0v) is 15.6. The second-order valence-electron chi connectivity index (χ2n) is 7.25. The van der Waals surface area contributed by atoms with Gasteiger partial charge in [-0.3, -0.25) is 4.79 Å². The van der Waals surface area contributed by atoms with Crippen molar-refractivity contribution in [2.45, 2.75) is 25.7 Å². The molecule has 2 heterocycles. The van der Waals surface area contributed by atoms with Crippen LogP contribution in [0.25, 0.3) is 5.69 Å². The highest BCUT2D eigenvalue weighted by Gasteiger charge is 2.50. The molecule has 142 valence electrons. The molecule has 8 heteroatoms. The summed E-state index contributed by atoms with van der Waals surface area (Å²) in [6, 6.07) is 6.63. The zero-order chi connectivity index (χ0) is 19.6. The molecule has 1 fully saturated rings. The molecule has 1 amide bonds. The number of nitrogens with one attached hydrogen (secondary N) is 1. The largest absolute Gasteiger partial charge is 0.319 e. The van der Waals surface area contributed by atoms with E-state index in [1.165, 1.54) is 16.8 Å². The zero-order valence-electron chi connectivity index (χ0n) is 14.8. The molecule has 1 aromatic carbocycles. The van der Waals surface area contributed by atoms with Crippen molar-refractivity contribution in [2.24, 2.45) is 5.92 Å². The molecule has 1 saturated carbocycles. The van der Waals surface area contributed by atoms with Crippen molar-refractivity contribution in [3.05, 3.63) is 69.8 Å². The van der Waals surface area contributed by atoms with Gasteiger partial charge in [-0.2, -0.15) is 5.10 Å². The highest BCUT2D eigenvalue weighted by atomic mass is 35.5. The van der Waals surface area contributed by atoms with E-state index in [9.17, 15) is 13.6 Å². The first-order valence-electron chi connectivity index (χ1n) is 8.94. The highest BCUT2D eigenvalue weighted by molar-refractivity contribution is 6.29. The van der Waals surface area contributed by atoms with Gasteiger partial charge in [-0.1, -0.05) is 11.6 Å². The van der Waals surface area contributed by atoms with E-state index in [1.807, 2.05) is 0 Å². The van der Waals surface area contributed by atoms with Crippen molar-refractivity contribution in [3.63, 3.8) is 0 Å². The molecule has 5 rings (SSSR count). The second-order valence-corrected chi connectivity index (χ2v) is 7.63. The number of rotatable bonds is 3. The quantitative estimate of drug-likeness (QED) is 0.662. The number of pyridine rings is 1. The van der Waals surface area contributed by atoms with Crippen molar-refractivity contribution in [1.82, 2.24) is 14.8 Å². The number of hydrogen-bond acceptors (Lipinski definition) is 3. The SMILES string of the molecule is Cc1nc(Cl)ccc1NC(=O)c1nn(-c2ccc(F)cc2F)c2c1C[C@H]1C[C@@H]21. The van der Waals surface area contributed by atoms with E-state index in [-0.39, 0.29) is 23.2 Å². The first kappa shape index (κ1) is 17.3. The summed E-state index contributed by atoms with van der Waals surface area (Å²) in [5.74, 6) is -1.01. The van der Waals surface area contributed by atoms with Gasteiger partial charge in [-0.15, -0.1) is 0 Å². The minimum absolute atomic E-state index is 0.147. The number of anilines is 1. The highest BCUT2D eigenvalue weighted by Crippen LogP contribution is 2.57. The van der Waals surface area contributed by atoms with E-state index < -0.39 is 11.6 Å². The topological polar surface area (TPSA) is 59.8 Å². The fourth-order valence-electron chi connectivity index (χ4n) is 3.98. The summed E-state index contributed by atoms with van der Waals surface area (Å²) in [6.45, 7) is 1.74. The average Bonchev–Trinajstić information content (AvgIpc) is 3.14. The van der Waals surface area contributed by atoms with Gasteiger partial charge in [0.2, 0.25) is 0 Å². The van der Waals surface area contributed by atoms with Crippen molar-refractivity contribution < 1.29 is 13.6 Å². The average molecular weight is 401 g/mol. The molecule has 2 aliphatic rings. The van der Waals surface area contributed by atoms with E-state index in [0.29, 0.717) is 22.5 Å². The van der Waals surface area contributed by atoms with Crippen LogP contribution < -0.4 is 5.32 Å². The van der Waals surface area contributed by atoms with Crippen molar-refractivity contribution in [1.29, 1.82) is 0 Å². The molecule has 2 aromatic heterocycles. The number of aromatic nitrogens is 3. The van der Waals surface area contributed by atoms with E-state index in [1.54, 1.807) is 19.1 Å². The lowest BCUT2D eigenvalue weighted by atomic mass is 10.1. The van der Waals surface area contributed by atoms with E-state index in [4.69, 9.17) is 11.6 Å². The number of carbonyl (C=O) groups excluding carboxylic acids is 1. The first-order chi connectivity index (χ1) is 13.4. The van der Waals surface area contributed by atoms with Gasteiger partial charge in [0.25, 0.3) is 5.91 Å². The number of nitrogens with zero attached hydrogens (tertiary/aromatic N) is 3. The van der Waals surface area contributed by atoms with Crippen LogP contribution in [0.4, 0.5) is 14.5 Å². The maximum absolute atomic E-state index is 14.4. The Morgan fingerprint density at radius 2 is 2.11 bits per heavy atom. The minimum atomic E-state index is -0.709. The molecule has 0 bridgehead atoms. The van der Waals surface area contributed by atoms with Crippen LogP contribution in [0.1, 0.15) is 39.8 Å². The van der Waals surface area contributed by atoms with Crippen molar-refractivity contribution in [2.75, 3.05) is 5.32 Å². The fourth-order valence-corrected chi connectivity index (χ4v) is 4.17. The number of amides is 1. The third-order valence-electron chi connectivity index (χ3n) is 5.42. The standard InChI is InChI=1S/C20H15ClF2N4O/c1-9-15(3-5-17(21)24-9)25-20(28)18-13-7-10-6-12(10)19(13)27(26-18)16-4-2-11(22)8-14(16)23/h2-5,8,10,12H,6-7H2,1H3,(H,25,28)/t10-,12-/m1/s1. The Balaban J connectivity index is 1.56. The number of fused-ring (bicyclic) bond motifs is 3. The number of halogens is 3.